The number of hydrogen-bond acceptors (Lipinski definition) is 2. The van der Waals surface area contributed by atoms with Gasteiger partial charge in [-0.3, -0.25) is 0 Å². The average molecular weight is 220 g/mol. The lowest BCUT2D eigenvalue weighted by Crippen LogP contribution is -2.20. The topological polar surface area (TPSA) is 9.23 Å². The summed E-state index contributed by atoms with van der Waals surface area (Å²) in [6, 6.07) is 0. The molecule has 0 heterocycles. The van der Waals surface area contributed by atoms with Crippen LogP contribution in [-0.2, 0) is 4.74 Å². The number of ether oxygens (including phenoxy) is 1. The molecule has 0 N–H and O–H groups in total. The molecule has 0 fully saturated rings. The zero-order valence-electron chi connectivity index (χ0n) is 7.92. The maximum atomic E-state index is 12.1. The van der Waals surface area contributed by atoms with E-state index in [1.807, 2.05) is 12.2 Å². The van der Waals surface area contributed by atoms with Crippen molar-refractivity contribution in [3.63, 3.8) is 0 Å². The first-order chi connectivity index (χ1) is 6.70. The SMILES string of the molecule is FC(F)C(=S)OC1/C=C\CCCCC1. The third-order valence-electron chi connectivity index (χ3n) is 2.16. The van der Waals surface area contributed by atoms with Gasteiger partial charge in [-0.15, -0.1) is 0 Å². The van der Waals surface area contributed by atoms with Crippen LogP contribution in [0.2, 0.25) is 0 Å². The third-order valence-corrected chi connectivity index (χ3v) is 2.43. The lowest BCUT2D eigenvalue weighted by molar-refractivity contribution is 0.147. The lowest BCUT2D eigenvalue weighted by atomic mass is 10.0. The molecule has 0 aromatic rings. The summed E-state index contributed by atoms with van der Waals surface area (Å²) in [5, 5.41) is -0.583. The number of hydrogen-bond donors (Lipinski definition) is 0. The standard InChI is InChI=1S/C10H14F2OS/c11-9(12)10(14)13-8-6-4-2-1-3-5-7-8/h4,6,8-9H,1-3,5,7H2/b6-4-. The molecule has 0 spiro atoms. The van der Waals surface area contributed by atoms with Gasteiger partial charge in [0.25, 0.3) is 0 Å². The molecule has 1 nitrogen and oxygen atoms in total. The fourth-order valence-corrected chi connectivity index (χ4v) is 1.55. The Balaban J connectivity index is 2.41. The molecule has 1 rings (SSSR count). The van der Waals surface area contributed by atoms with E-state index in [2.05, 4.69) is 12.2 Å². The minimum Gasteiger partial charge on any atom is -0.475 e. The highest BCUT2D eigenvalue weighted by Crippen LogP contribution is 2.15. The van der Waals surface area contributed by atoms with E-state index in [9.17, 15) is 8.78 Å². The van der Waals surface area contributed by atoms with E-state index in [0.717, 1.165) is 25.7 Å². The minimum absolute atomic E-state index is 0.253. The van der Waals surface area contributed by atoms with Gasteiger partial charge in [0.05, 0.1) is 0 Å². The van der Waals surface area contributed by atoms with Crippen LogP contribution in [0.1, 0.15) is 32.1 Å². The summed E-state index contributed by atoms with van der Waals surface area (Å²) in [5.41, 5.74) is 0. The molecule has 0 aromatic heterocycles. The zero-order chi connectivity index (χ0) is 10.4. The van der Waals surface area contributed by atoms with Crippen molar-refractivity contribution in [1.29, 1.82) is 0 Å². The molecule has 4 heteroatoms. The predicted octanol–water partition coefficient (Wildman–Crippen LogP) is 3.48. The molecule has 0 saturated carbocycles. The summed E-state index contributed by atoms with van der Waals surface area (Å²) >= 11 is 4.43. The second-order valence-electron chi connectivity index (χ2n) is 3.34. The third kappa shape index (κ3) is 4.13. The first kappa shape index (κ1) is 11.6. The second-order valence-corrected chi connectivity index (χ2v) is 3.74. The van der Waals surface area contributed by atoms with E-state index in [-0.39, 0.29) is 6.10 Å². The molecule has 14 heavy (non-hydrogen) atoms. The summed E-state index contributed by atoms with van der Waals surface area (Å²) in [7, 11) is 0. The molecule has 1 unspecified atom stereocenters. The van der Waals surface area contributed by atoms with Crippen LogP contribution in [0.3, 0.4) is 0 Å². The maximum absolute atomic E-state index is 12.1. The van der Waals surface area contributed by atoms with Gasteiger partial charge in [0, 0.05) is 0 Å². The van der Waals surface area contributed by atoms with Gasteiger partial charge in [0.15, 0.2) is 0 Å². The van der Waals surface area contributed by atoms with E-state index in [1.54, 1.807) is 0 Å². The Bertz CT molecular complexity index is 216. The molecule has 0 bridgehead atoms. The van der Waals surface area contributed by atoms with Crippen molar-refractivity contribution < 1.29 is 13.5 Å². The minimum atomic E-state index is -2.65. The van der Waals surface area contributed by atoms with Gasteiger partial charge in [-0.25, -0.2) is 8.78 Å². The van der Waals surface area contributed by atoms with Crippen LogP contribution in [0.15, 0.2) is 12.2 Å². The molecule has 1 atom stereocenters. The van der Waals surface area contributed by atoms with Crippen LogP contribution in [0.4, 0.5) is 8.78 Å². The molecule has 0 aliphatic heterocycles. The van der Waals surface area contributed by atoms with Crippen molar-refractivity contribution in [2.75, 3.05) is 0 Å². The molecule has 0 radical (unpaired) electrons. The van der Waals surface area contributed by atoms with Crippen molar-refractivity contribution in [2.45, 2.75) is 44.6 Å². The Morgan fingerprint density at radius 3 is 2.86 bits per heavy atom. The van der Waals surface area contributed by atoms with Crippen LogP contribution in [0.5, 0.6) is 0 Å². The van der Waals surface area contributed by atoms with Crippen LogP contribution >= 0.6 is 12.2 Å². The molecule has 0 saturated heterocycles. The summed E-state index contributed by atoms with van der Waals surface area (Å²) in [4.78, 5) is 0. The Morgan fingerprint density at radius 1 is 1.36 bits per heavy atom. The van der Waals surface area contributed by atoms with Crippen LogP contribution in [0.25, 0.3) is 0 Å². The molecule has 80 valence electrons. The van der Waals surface area contributed by atoms with Crippen molar-refractivity contribution in [3.8, 4) is 0 Å². The molecule has 0 amide bonds. The summed E-state index contributed by atoms with van der Waals surface area (Å²) < 4.78 is 29.1. The van der Waals surface area contributed by atoms with E-state index in [1.165, 1.54) is 6.42 Å². The van der Waals surface area contributed by atoms with Crippen molar-refractivity contribution in [1.82, 2.24) is 0 Å². The molecular formula is C10H14F2OS. The summed E-state index contributed by atoms with van der Waals surface area (Å²) in [5.74, 6) is 0. The smallest absolute Gasteiger partial charge is 0.305 e. The quantitative estimate of drug-likeness (QED) is 0.520. The summed E-state index contributed by atoms with van der Waals surface area (Å²) in [6.45, 7) is 0. The number of allylic oxidation sites excluding steroid dienone is 1. The first-order valence-corrected chi connectivity index (χ1v) is 5.26. The van der Waals surface area contributed by atoms with Crippen LogP contribution < -0.4 is 0 Å². The van der Waals surface area contributed by atoms with Gasteiger partial charge in [-0.1, -0.05) is 12.5 Å². The van der Waals surface area contributed by atoms with Crippen molar-refractivity contribution in [2.24, 2.45) is 0 Å². The Morgan fingerprint density at radius 2 is 2.14 bits per heavy atom. The van der Waals surface area contributed by atoms with Crippen molar-refractivity contribution in [3.05, 3.63) is 12.2 Å². The fourth-order valence-electron chi connectivity index (χ4n) is 1.43. The number of halogens is 2. The monoisotopic (exact) mass is 220 g/mol. The van der Waals surface area contributed by atoms with E-state index in [4.69, 9.17) is 4.74 Å². The Kier molecular flexibility index (Phi) is 5.01. The van der Waals surface area contributed by atoms with Gasteiger partial charge < -0.3 is 4.74 Å². The highest BCUT2D eigenvalue weighted by molar-refractivity contribution is 7.80. The predicted molar refractivity (Wildman–Crippen MR) is 55.7 cm³/mol. The van der Waals surface area contributed by atoms with Gasteiger partial charge in [0.2, 0.25) is 5.05 Å². The molecule has 0 aromatic carbocycles. The maximum Gasteiger partial charge on any atom is 0.305 e. The van der Waals surface area contributed by atoms with Crippen LogP contribution in [-0.4, -0.2) is 17.6 Å². The lowest BCUT2D eigenvalue weighted by Gasteiger charge is -2.17. The Hall–Kier alpha value is -0.510. The number of alkyl halides is 2. The largest absolute Gasteiger partial charge is 0.475 e. The number of rotatable bonds is 2. The van der Waals surface area contributed by atoms with E-state index < -0.39 is 11.5 Å². The molecule has 1 aliphatic rings. The van der Waals surface area contributed by atoms with Crippen molar-refractivity contribution >= 4 is 17.3 Å². The van der Waals surface area contributed by atoms with Gasteiger partial charge in [-0.05, 0) is 44.0 Å². The highest BCUT2D eigenvalue weighted by Gasteiger charge is 2.16. The normalized spacial score (nSPS) is 25.2. The van der Waals surface area contributed by atoms with Crippen LogP contribution in [0, 0.1) is 0 Å². The van der Waals surface area contributed by atoms with Gasteiger partial charge in [0.1, 0.15) is 6.10 Å². The zero-order valence-corrected chi connectivity index (χ0v) is 8.73. The molecular weight excluding hydrogens is 206 g/mol. The second kappa shape index (κ2) is 6.06. The van der Waals surface area contributed by atoms with E-state index in [0.29, 0.717) is 0 Å². The summed E-state index contributed by atoms with van der Waals surface area (Å²) in [6.07, 6.45) is 6.02. The van der Waals surface area contributed by atoms with Gasteiger partial charge >= 0.3 is 6.43 Å². The first-order valence-electron chi connectivity index (χ1n) is 4.85. The fraction of sp³-hybridized carbons (Fsp3) is 0.700. The van der Waals surface area contributed by atoms with Gasteiger partial charge in [-0.2, -0.15) is 0 Å². The highest BCUT2D eigenvalue weighted by atomic mass is 32.1. The number of thiocarbonyl (C=S) groups is 1. The Labute approximate surface area is 88.1 Å². The molecule has 1 aliphatic carbocycles. The average Bonchev–Trinajstić information content (AvgIpc) is 2.08. The van der Waals surface area contributed by atoms with E-state index >= 15 is 0 Å².